The van der Waals surface area contributed by atoms with Crippen LogP contribution in [-0.2, 0) is 33.2 Å². The Balaban J connectivity index is 1.76. The van der Waals surface area contributed by atoms with Gasteiger partial charge in [0.2, 0.25) is 0 Å². The predicted octanol–water partition coefficient (Wildman–Crippen LogP) is 7.41. The first-order chi connectivity index (χ1) is 31.6. The predicted molar refractivity (Wildman–Crippen MR) is 252 cm³/mol. The summed E-state index contributed by atoms with van der Waals surface area (Å²) < 4.78 is 34.2. The van der Waals surface area contributed by atoms with E-state index in [-0.39, 0.29) is 25.6 Å². The van der Waals surface area contributed by atoms with Gasteiger partial charge in [-0.1, -0.05) is 140 Å². The molecule has 0 radical (unpaired) electrons. The zero-order chi connectivity index (χ0) is 47.3. The highest BCUT2D eigenvalue weighted by molar-refractivity contribution is 5.69. The highest BCUT2D eigenvalue weighted by Crippen LogP contribution is 2.26. The fourth-order valence-electron chi connectivity index (χ4n) is 7.90. The highest BCUT2D eigenvalue weighted by atomic mass is 16.7. The Hall–Kier alpha value is -1.79. The summed E-state index contributed by atoms with van der Waals surface area (Å²) in [4.78, 5) is 13.0. The van der Waals surface area contributed by atoms with Crippen LogP contribution < -0.4 is 0 Å². The van der Waals surface area contributed by atoms with Crippen molar-refractivity contribution in [2.45, 2.75) is 248 Å². The molecule has 14 heteroatoms. The van der Waals surface area contributed by atoms with Crippen molar-refractivity contribution < 1.29 is 69.0 Å². The Labute approximate surface area is 391 Å². The molecule has 2 aliphatic rings. The minimum atomic E-state index is -1.71. The van der Waals surface area contributed by atoms with Crippen molar-refractivity contribution in [1.82, 2.24) is 0 Å². The molecule has 2 aliphatic heterocycles. The number of carbonyl (C=O) groups is 1. The molecule has 0 aromatic rings. The van der Waals surface area contributed by atoms with E-state index in [2.05, 4.69) is 50.3 Å². The molecule has 14 nitrogen and oxygen atoms in total. The molecule has 0 aromatic heterocycles. The average molecular weight is 929 g/mol. The second kappa shape index (κ2) is 39.1. The lowest BCUT2D eigenvalue weighted by Gasteiger charge is -2.42. The normalized spacial score (nSPS) is 26.8. The second-order valence-electron chi connectivity index (χ2n) is 18.0. The van der Waals surface area contributed by atoms with Gasteiger partial charge in [0.05, 0.1) is 26.4 Å². The molecule has 0 aliphatic carbocycles. The van der Waals surface area contributed by atoms with Crippen LogP contribution in [-0.4, -0.2) is 142 Å². The van der Waals surface area contributed by atoms with Gasteiger partial charge >= 0.3 is 5.97 Å². The van der Waals surface area contributed by atoms with Gasteiger partial charge in [-0.2, -0.15) is 0 Å². The number of rotatable bonds is 40. The second-order valence-corrected chi connectivity index (χ2v) is 18.0. The van der Waals surface area contributed by atoms with Crippen molar-refractivity contribution in [3.8, 4) is 0 Å². The zero-order valence-electron chi connectivity index (χ0n) is 40.2. The molecule has 0 amide bonds. The van der Waals surface area contributed by atoms with Crippen LogP contribution in [0, 0.1) is 0 Å². The summed E-state index contributed by atoms with van der Waals surface area (Å²) in [6.45, 7) is 3.62. The van der Waals surface area contributed by atoms with Crippen molar-refractivity contribution in [3.63, 3.8) is 0 Å². The van der Waals surface area contributed by atoms with E-state index in [1.54, 1.807) is 0 Å². The fourth-order valence-corrected chi connectivity index (χ4v) is 7.90. The summed E-state index contributed by atoms with van der Waals surface area (Å²) in [6, 6.07) is 0. The van der Waals surface area contributed by atoms with Gasteiger partial charge in [-0.05, 0) is 70.6 Å². The van der Waals surface area contributed by atoms with Crippen LogP contribution in [0.25, 0.3) is 0 Å². The van der Waals surface area contributed by atoms with Gasteiger partial charge in [0.1, 0.15) is 54.9 Å². The number of aliphatic hydroxyl groups excluding tert-OH is 7. The highest BCUT2D eigenvalue weighted by Gasteiger charge is 2.47. The third-order valence-electron chi connectivity index (χ3n) is 12.1. The molecule has 0 bridgehead atoms. The first-order valence-electron chi connectivity index (χ1n) is 25.6. The summed E-state index contributed by atoms with van der Waals surface area (Å²) in [7, 11) is 0. The number of esters is 1. The van der Waals surface area contributed by atoms with E-state index in [1.165, 1.54) is 83.5 Å². The molecule has 7 N–H and O–H groups in total. The van der Waals surface area contributed by atoms with Gasteiger partial charge in [0.15, 0.2) is 12.6 Å². The smallest absolute Gasteiger partial charge is 0.306 e. The fraction of sp³-hybridized carbons (Fsp3) is 0.863. The number of aliphatic hydroxyl groups is 7. The Morgan fingerprint density at radius 1 is 0.508 bits per heavy atom. The maximum atomic E-state index is 13.0. The number of unbranched alkanes of at least 4 members (excludes halogenated alkanes) is 20. The van der Waals surface area contributed by atoms with Crippen LogP contribution in [0.1, 0.15) is 181 Å². The largest absolute Gasteiger partial charge is 0.457 e. The minimum absolute atomic E-state index is 0.0547. The van der Waals surface area contributed by atoms with E-state index in [0.29, 0.717) is 13.0 Å². The number of hydrogen-bond acceptors (Lipinski definition) is 14. The quantitative estimate of drug-likeness (QED) is 0.0181. The molecule has 2 rings (SSSR count). The molecule has 11 atom stereocenters. The van der Waals surface area contributed by atoms with Gasteiger partial charge in [0.25, 0.3) is 0 Å². The van der Waals surface area contributed by atoms with Crippen LogP contribution in [0.4, 0.5) is 0 Å². The molecule has 380 valence electrons. The summed E-state index contributed by atoms with van der Waals surface area (Å²) in [5.74, 6) is -0.389. The van der Waals surface area contributed by atoms with Crippen LogP contribution in [0.2, 0.25) is 0 Å². The van der Waals surface area contributed by atoms with Crippen molar-refractivity contribution in [1.29, 1.82) is 0 Å². The topological polar surface area (TPSA) is 214 Å². The van der Waals surface area contributed by atoms with Crippen LogP contribution in [0.15, 0.2) is 36.5 Å². The van der Waals surface area contributed by atoms with Crippen molar-refractivity contribution in [3.05, 3.63) is 36.5 Å². The molecule has 2 heterocycles. The average Bonchev–Trinajstić information content (AvgIpc) is 3.30. The van der Waals surface area contributed by atoms with Crippen LogP contribution in [0.5, 0.6) is 0 Å². The number of carbonyl (C=O) groups excluding carboxylic acids is 1. The lowest BCUT2D eigenvalue weighted by atomic mass is 9.98. The summed E-state index contributed by atoms with van der Waals surface area (Å²) in [6.07, 6.45) is 26.3. The maximum absolute atomic E-state index is 13.0. The molecule has 0 aromatic carbocycles. The van der Waals surface area contributed by atoms with Crippen molar-refractivity contribution in [2.24, 2.45) is 0 Å². The Morgan fingerprint density at radius 3 is 1.52 bits per heavy atom. The Morgan fingerprint density at radius 2 is 0.954 bits per heavy atom. The maximum Gasteiger partial charge on any atom is 0.306 e. The van der Waals surface area contributed by atoms with Gasteiger partial charge in [0, 0.05) is 13.0 Å². The third kappa shape index (κ3) is 27.1. The standard InChI is InChI=1S/C51H92O14/c1-3-5-7-9-11-13-15-17-18-19-20-21-22-23-25-27-29-31-33-35-60-37-40(63-43(53)34-32-30-28-26-24-16-14-12-10-8-6-4-2)38-61-50-49(59)47(57)45(55)42(65-50)39-62-51-48(58)46(56)44(54)41(36-52)64-51/h12-15,18-19,40-42,44-52,54-59H,3-11,16-17,20-39H2,1-2H3/b14-12-,15-13-,19-18-. The van der Waals surface area contributed by atoms with Gasteiger partial charge < -0.3 is 64.2 Å². The number of allylic oxidation sites excluding steroid dienone is 6. The monoisotopic (exact) mass is 929 g/mol. The lowest BCUT2D eigenvalue weighted by Crippen LogP contribution is -2.61. The molecule has 11 unspecified atom stereocenters. The van der Waals surface area contributed by atoms with E-state index in [9.17, 15) is 40.5 Å². The number of ether oxygens (including phenoxy) is 6. The third-order valence-corrected chi connectivity index (χ3v) is 12.1. The van der Waals surface area contributed by atoms with Crippen molar-refractivity contribution in [2.75, 3.05) is 33.0 Å². The van der Waals surface area contributed by atoms with E-state index >= 15 is 0 Å². The van der Waals surface area contributed by atoms with E-state index < -0.39 is 80.7 Å². The SMILES string of the molecule is CCCCC/C=C\CCCCCCCC(=O)OC(COCCCCCCCCCC/C=C\C/C=C\CCCCCC)COC1OC(COC2OC(CO)C(O)C(O)C2O)C(O)C(O)C1O. The molecular weight excluding hydrogens is 837 g/mol. The minimum Gasteiger partial charge on any atom is -0.457 e. The molecular formula is C51H92O14. The zero-order valence-corrected chi connectivity index (χ0v) is 40.2. The molecule has 0 spiro atoms. The first-order valence-corrected chi connectivity index (χ1v) is 25.6. The van der Waals surface area contributed by atoms with Gasteiger partial charge in [-0.25, -0.2) is 0 Å². The lowest BCUT2D eigenvalue weighted by molar-refractivity contribution is -0.332. The molecule has 0 saturated carbocycles. The Kier molecular flexibility index (Phi) is 35.7. The Bertz CT molecular complexity index is 1220. The molecule has 65 heavy (non-hydrogen) atoms. The number of hydrogen-bond donors (Lipinski definition) is 7. The van der Waals surface area contributed by atoms with Crippen LogP contribution in [0.3, 0.4) is 0 Å². The van der Waals surface area contributed by atoms with E-state index in [4.69, 9.17) is 28.4 Å². The van der Waals surface area contributed by atoms with Gasteiger partial charge in [-0.15, -0.1) is 0 Å². The van der Waals surface area contributed by atoms with Crippen LogP contribution >= 0.6 is 0 Å². The summed E-state index contributed by atoms with van der Waals surface area (Å²) in [5.41, 5.74) is 0. The molecule has 2 saturated heterocycles. The van der Waals surface area contributed by atoms with Gasteiger partial charge in [-0.3, -0.25) is 4.79 Å². The van der Waals surface area contributed by atoms with E-state index in [0.717, 1.165) is 70.6 Å². The first kappa shape index (κ1) is 59.3. The van der Waals surface area contributed by atoms with Crippen molar-refractivity contribution >= 4 is 5.97 Å². The molecule has 2 fully saturated rings. The summed E-state index contributed by atoms with van der Waals surface area (Å²) >= 11 is 0. The van der Waals surface area contributed by atoms with E-state index in [1.807, 2.05) is 0 Å². The summed E-state index contributed by atoms with van der Waals surface area (Å²) in [5, 5.41) is 72.1.